The highest BCUT2D eigenvalue weighted by Crippen LogP contribution is 2.42. The summed E-state index contributed by atoms with van der Waals surface area (Å²) in [6, 6.07) is 23.4. The molecule has 4 amide bonds. The van der Waals surface area contributed by atoms with Crippen LogP contribution in [0.3, 0.4) is 0 Å². The maximum atomic E-state index is 14.0. The highest BCUT2D eigenvalue weighted by Gasteiger charge is 2.46. The van der Waals surface area contributed by atoms with Crippen LogP contribution in [0.15, 0.2) is 72.8 Å². The smallest absolute Gasteiger partial charge is 0.407 e. The van der Waals surface area contributed by atoms with Gasteiger partial charge in [0.05, 0.1) is 48.4 Å². The molecule has 6 aromatic rings. The number of H-pyrrole nitrogens is 2. The van der Waals surface area contributed by atoms with Gasteiger partial charge in [-0.05, 0) is 120 Å². The molecule has 14 heteroatoms. The van der Waals surface area contributed by atoms with Gasteiger partial charge in [0.2, 0.25) is 11.8 Å². The topological polar surface area (TPSA) is 175 Å². The number of carbonyl (C=O) groups excluding carboxylic acids is 4. The molecule has 2 aliphatic heterocycles. The van der Waals surface area contributed by atoms with Gasteiger partial charge in [-0.15, -0.1) is 0 Å². The molecule has 336 valence electrons. The molecule has 0 saturated carbocycles. The highest BCUT2D eigenvalue weighted by molar-refractivity contribution is 5.93. The van der Waals surface area contributed by atoms with Gasteiger partial charge in [0.1, 0.15) is 23.7 Å². The lowest BCUT2D eigenvalue weighted by Crippen LogP contribution is -2.53. The number of carbonyl (C=O) groups is 4. The van der Waals surface area contributed by atoms with Crippen molar-refractivity contribution in [1.29, 1.82) is 0 Å². The van der Waals surface area contributed by atoms with Gasteiger partial charge < -0.3 is 39.9 Å². The maximum Gasteiger partial charge on any atom is 0.407 e. The van der Waals surface area contributed by atoms with E-state index in [2.05, 4.69) is 109 Å². The van der Waals surface area contributed by atoms with Gasteiger partial charge in [-0.2, -0.15) is 0 Å². The molecule has 0 unspecified atom stereocenters. The molecule has 0 bridgehead atoms. The summed E-state index contributed by atoms with van der Waals surface area (Å²) in [5, 5.41) is 7.72. The van der Waals surface area contributed by atoms with Gasteiger partial charge in [-0.3, -0.25) is 9.59 Å². The Bertz CT molecular complexity index is 2560. The van der Waals surface area contributed by atoms with E-state index >= 15 is 0 Å². The predicted molar refractivity (Wildman–Crippen MR) is 248 cm³/mol. The molecule has 2 aromatic heterocycles. The molecule has 4 N–H and O–H groups in total. The third kappa shape index (κ3) is 8.25. The number of aromatic nitrogens is 4. The number of aromatic amines is 2. The molecule has 4 aromatic carbocycles. The Balaban J connectivity index is 1.02. The average Bonchev–Trinajstić information content (AvgIpc) is 4.05. The number of hydrogen-bond acceptors (Lipinski definition) is 8. The van der Waals surface area contributed by atoms with E-state index in [9.17, 15) is 19.2 Å². The fourth-order valence-corrected chi connectivity index (χ4v) is 9.70. The van der Waals surface area contributed by atoms with Crippen molar-refractivity contribution in [3.05, 3.63) is 84.4 Å². The number of alkyl carbamates (subject to hydrolysis) is 2. The summed E-state index contributed by atoms with van der Waals surface area (Å²) in [5.41, 5.74) is 7.66. The molecule has 2 saturated heterocycles. The Labute approximate surface area is 373 Å². The van der Waals surface area contributed by atoms with Crippen molar-refractivity contribution in [2.75, 3.05) is 14.2 Å². The van der Waals surface area contributed by atoms with E-state index in [1.807, 2.05) is 49.6 Å². The molecule has 2 fully saturated rings. The number of nitrogens with one attached hydrogen (secondary N) is 4. The van der Waals surface area contributed by atoms with Crippen LogP contribution in [-0.4, -0.2) is 92.1 Å². The highest BCUT2D eigenvalue weighted by atomic mass is 16.5. The van der Waals surface area contributed by atoms with Crippen LogP contribution in [0, 0.1) is 23.7 Å². The Hall–Kier alpha value is -6.44. The number of fused-ring (bicyclic) bond motifs is 3. The summed E-state index contributed by atoms with van der Waals surface area (Å²) in [6.45, 7) is 16.1. The number of benzene rings is 4. The van der Waals surface area contributed by atoms with Crippen LogP contribution in [0.4, 0.5) is 9.59 Å². The SMILES string of the molecule is COC(=O)N[C@H](C(=O)N1[C@H](C)[C@H](C)C[C@H]1c1nc2ccc(-c3ccc4cc(-c5ccc6nc([C@@H]7C[C@@H](C)[C@@H](C)N7C(=O)[C@@H](NC(=O)OC)C(C)C)[nH]c6c5)ccc4c3)cc2[nH]1)C(C)C. The zero-order chi connectivity index (χ0) is 45.7. The lowest BCUT2D eigenvalue weighted by molar-refractivity contribution is -0.138. The van der Waals surface area contributed by atoms with Crippen molar-refractivity contribution in [2.45, 2.75) is 104 Å². The Kier molecular flexibility index (Phi) is 12.2. The molecule has 64 heavy (non-hydrogen) atoms. The monoisotopic (exact) mass is 868 g/mol. The number of ether oxygens (including phenoxy) is 2. The summed E-state index contributed by atoms with van der Waals surface area (Å²) in [6.07, 6.45) is 0.254. The first-order valence-corrected chi connectivity index (χ1v) is 22.4. The number of methoxy groups -OCH3 is 2. The van der Waals surface area contributed by atoms with Crippen molar-refractivity contribution < 1.29 is 28.7 Å². The van der Waals surface area contributed by atoms with Crippen LogP contribution in [0.5, 0.6) is 0 Å². The second-order valence-corrected chi connectivity index (χ2v) is 18.6. The average molecular weight is 869 g/mol. The number of nitrogens with zero attached hydrogens (tertiary/aromatic N) is 4. The van der Waals surface area contributed by atoms with Crippen molar-refractivity contribution in [3.63, 3.8) is 0 Å². The lowest BCUT2D eigenvalue weighted by Gasteiger charge is -2.33. The Morgan fingerprint density at radius 1 is 0.578 bits per heavy atom. The number of likely N-dealkylation sites (tertiary alicyclic amines) is 2. The van der Waals surface area contributed by atoms with Gasteiger partial charge in [-0.25, -0.2) is 19.6 Å². The zero-order valence-electron chi connectivity index (χ0n) is 38.4. The quantitative estimate of drug-likeness (QED) is 0.105. The van der Waals surface area contributed by atoms with Crippen molar-refractivity contribution in [2.24, 2.45) is 23.7 Å². The van der Waals surface area contributed by atoms with Crippen LogP contribution in [0.1, 0.15) is 92.0 Å². The van der Waals surface area contributed by atoms with E-state index in [0.29, 0.717) is 0 Å². The summed E-state index contributed by atoms with van der Waals surface area (Å²) in [4.78, 5) is 73.3. The van der Waals surface area contributed by atoms with Gasteiger partial charge in [0.15, 0.2) is 0 Å². The molecular weight excluding hydrogens is 809 g/mol. The van der Waals surface area contributed by atoms with Crippen LogP contribution in [0.2, 0.25) is 0 Å². The number of hydrogen-bond donors (Lipinski definition) is 4. The summed E-state index contributed by atoms with van der Waals surface area (Å²) < 4.78 is 9.67. The van der Waals surface area contributed by atoms with E-state index in [4.69, 9.17) is 19.4 Å². The van der Waals surface area contributed by atoms with E-state index in [0.717, 1.165) is 79.6 Å². The molecule has 8 rings (SSSR count). The second kappa shape index (κ2) is 17.6. The summed E-state index contributed by atoms with van der Waals surface area (Å²) in [7, 11) is 2.60. The van der Waals surface area contributed by atoms with Gasteiger partial charge >= 0.3 is 12.2 Å². The van der Waals surface area contributed by atoms with Crippen molar-refractivity contribution in [3.8, 4) is 22.3 Å². The van der Waals surface area contributed by atoms with Crippen molar-refractivity contribution in [1.82, 2.24) is 40.4 Å². The number of rotatable bonds is 10. The fraction of sp³-hybridized carbons (Fsp3) is 0.440. The first-order valence-electron chi connectivity index (χ1n) is 22.4. The third-order valence-electron chi connectivity index (χ3n) is 13.8. The fourth-order valence-electron chi connectivity index (χ4n) is 9.70. The van der Waals surface area contributed by atoms with E-state index in [1.165, 1.54) is 14.2 Å². The minimum atomic E-state index is -0.722. The standard InChI is InChI=1S/C50H60N8O6/c1-25(2)43(55-49(61)63-9)47(59)57-29(7)27(5)19-41(57)45-51-37-17-15-35(23-39(37)53-45)33-13-11-32-22-34(14-12-31(32)21-33)36-16-18-38-40(24-36)54-46(52-38)42-20-28(6)30(8)58(42)48(60)44(26(3)4)56-50(62)64-10/h11-18,21-30,41-44H,19-20H2,1-10H3,(H,51,53)(H,52,54)(H,55,61)(H,56,62)/t27-,28-,29-,30-,41+,42+,43+,44+/m1/s1. The minimum absolute atomic E-state index is 0.0381. The number of imidazole rings is 2. The zero-order valence-corrected chi connectivity index (χ0v) is 38.4. The van der Waals surface area contributed by atoms with Crippen LogP contribution >= 0.6 is 0 Å². The van der Waals surface area contributed by atoms with Crippen molar-refractivity contribution >= 4 is 56.8 Å². The van der Waals surface area contributed by atoms with E-state index in [-0.39, 0.29) is 59.7 Å². The van der Waals surface area contributed by atoms with E-state index in [1.54, 1.807) is 0 Å². The van der Waals surface area contributed by atoms with Crippen LogP contribution in [0.25, 0.3) is 55.1 Å². The summed E-state index contributed by atoms with van der Waals surface area (Å²) >= 11 is 0. The molecule has 0 spiro atoms. The molecular formula is C50H60N8O6. The first kappa shape index (κ1) is 44.2. The molecule has 4 heterocycles. The minimum Gasteiger partial charge on any atom is -0.453 e. The normalized spacial score (nSPS) is 22.1. The molecule has 14 nitrogen and oxygen atoms in total. The molecule has 2 aliphatic rings. The van der Waals surface area contributed by atoms with Crippen LogP contribution in [-0.2, 0) is 19.1 Å². The predicted octanol–water partition coefficient (Wildman–Crippen LogP) is 9.28. The third-order valence-corrected chi connectivity index (χ3v) is 13.8. The first-order chi connectivity index (χ1) is 30.6. The second-order valence-electron chi connectivity index (χ2n) is 18.6. The Morgan fingerprint density at radius 3 is 1.30 bits per heavy atom. The number of amides is 4. The van der Waals surface area contributed by atoms with E-state index < -0.39 is 24.3 Å². The Morgan fingerprint density at radius 2 is 0.938 bits per heavy atom. The van der Waals surface area contributed by atoms with Crippen LogP contribution < -0.4 is 10.6 Å². The maximum absolute atomic E-state index is 14.0. The molecule has 8 atom stereocenters. The lowest BCUT2D eigenvalue weighted by atomic mass is 9.97. The largest absolute Gasteiger partial charge is 0.453 e. The van der Waals surface area contributed by atoms with Gasteiger partial charge in [-0.1, -0.05) is 77.9 Å². The van der Waals surface area contributed by atoms with Gasteiger partial charge in [0, 0.05) is 12.1 Å². The summed E-state index contributed by atoms with van der Waals surface area (Å²) in [5.74, 6) is 1.41. The molecule has 0 radical (unpaired) electrons. The van der Waals surface area contributed by atoms with Gasteiger partial charge in [0.25, 0.3) is 0 Å². The molecule has 0 aliphatic carbocycles.